The quantitative estimate of drug-likeness (QED) is 0.396. The molecule has 3 aromatic carbocycles. The Hall–Kier alpha value is -2.87. The van der Waals surface area contributed by atoms with Gasteiger partial charge in [-0.05, 0) is 72.0 Å². The summed E-state index contributed by atoms with van der Waals surface area (Å²) < 4.78 is 39.9. The average Bonchev–Trinajstić information content (AvgIpc) is 3.46. The first-order valence-corrected chi connectivity index (χ1v) is 13.1. The Bertz CT molecular complexity index is 1420. The summed E-state index contributed by atoms with van der Waals surface area (Å²) in [6.45, 7) is 0.236. The molecule has 174 valence electrons. The number of nitrogens with one attached hydrogen (secondary N) is 2. The van der Waals surface area contributed by atoms with Crippen LogP contribution in [0.25, 0.3) is 0 Å². The predicted molar refractivity (Wildman–Crippen MR) is 133 cm³/mol. The summed E-state index contributed by atoms with van der Waals surface area (Å²) >= 11 is 12.1. The van der Waals surface area contributed by atoms with Crippen molar-refractivity contribution in [1.29, 1.82) is 0 Å². The molecule has 6 rings (SSSR count). The Kier molecular flexibility index (Phi) is 5.17. The molecule has 0 amide bonds. The van der Waals surface area contributed by atoms with Gasteiger partial charge in [-0.2, -0.15) is 0 Å². The van der Waals surface area contributed by atoms with Gasteiger partial charge in [0.2, 0.25) is 6.79 Å². The lowest BCUT2D eigenvalue weighted by molar-refractivity contribution is 0.174. The van der Waals surface area contributed by atoms with E-state index in [1.54, 1.807) is 18.2 Å². The summed E-state index contributed by atoms with van der Waals surface area (Å²) in [4.78, 5) is 0.185. The van der Waals surface area contributed by atoms with Crippen LogP contribution < -0.4 is 19.5 Å². The SMILES string of the molecule is O=S(=O)(Nc1cc(Cl)cc(Cl)c1)c1ccc2c(c1)[C@H]1C=CC[C@H]1[C@@H](c1ccc3c(c1)OCO3)N2. The number of sulfonamides is 1. The van der Waals surface area contributed by atoms with E-state index in [0.29, 0.717) is 15.7 Å². The molecule has 0 radical (unpaired) electrons. The molecule has 9 heteroatoms. The van der Waals surface area contributed by atoms with Crippen LogP contribution >= 0.6 is 23.2 Å². The summed E-state index contributed by atoms with van der Waals surface area (Å²) in [6, 6.07) is 15.9. The second-order valence-electron chi connectivity index (χ2n) is 8.60. The normalized spacial score (nSPS) is 22.1. The standard InChI is InChI=1S/C25H20Cl2N2O4S/c26-15-9-16(27)11-17(10-15)29-34(30,31)18-5-6-22-21(12-18)19-2-1-3-20(19)25(28-22)14-4-7-23-24(8-14)33-13-32-23/h1-2,4-12,19-20,25,28-29H,3,13H2/t19-,20+,25+/m0/s1. The molecule has 3 aromatic rings. The second-order valence-corrected chi connectivity index (χ2v) is 11.2. The van der Waals surface area contributed by atoms with E-state index in [9.17, 15) is 8.42 Å². The van der Waals surface area contributed by atoms with Crippen LogP contribution in [0.3, 0.4) is 0 Å². The van der Waals surface area contributed by atoms with Gasteiger partial charge in [-0.3, -0.25) is 4.72 Å². The largest absolute Gasteiger partial charge is 0.454 e. The van der Waals surface area contributed by atoms with Gasteiger partial charge in [-0.15, -0.1) is 0 Å². The third-order valence-electron chi connectivity index (χ3n) is 6.52. The Labute approximate surface area is 207 Å². The first-order valence-electron chi connectivity index (χ1n) is 10.8. The van der Waals surface area contributed by atoms with Gasteiger partial charge < -0.3 is 14.8 Å². The molecule has 0 saturated carbocycles. The van der Waals surface area contributed by atoms with E-state index in [0.717, 1.165) is 34.7 Å². The van der Waals surface area contributed by atoms with E-state index in [1.165, 1.54) is 12.1 Å². The number of hydrogen-bond acceptors (Lipinski definition) is 5. The van der Waals surface area contributed by atoms with E-state index in [4.69, 9.17) is 32.7 Å². The maximum Gasteiger partial charge on any atom is 0.261 e. The van der Waals surface area contributed by atoms with Crippen LogP contribution in [0, 0.1) is 5.92 Å². The van der Waals surface area contributed by atoms with E-state index in [-0.39, 0.29) is 29.6 Å². The fraction of sp³-hybridized carbons (Fsp3) is 0.200. The van der Waals surface area contributed by atoms with E-state index in [2.05, 4.69) is 28.3 Å². The Balaban J connectivity index is 1.33. The average molecular weight is 515 g/mol. The summed E-state index contributed by atoms with van der Waals surface area (Å²) in [5.41, 5.74) is 3.31. The molecule has 1 aliphatic carbocycles. The van der Waals surface area contributed by atoms with Crippen molar-refractivity contribution in [2.24, 2.45) is 5.92 Å². The van der Waals surface area contributed by atoms with Gasteiger partial charge in [0.05, 0.1) is 16.6 Å². The lowest BCUT2D eigenvalue weighted by Gasteiger charge is -2.37. The Morgan fingerprint density at radius 3 is 2.56 bits per heavy atom. The highest BCUT2D eigenvalue weighted by molar-refractivity contribution is 7.92. The van der Waals surface area contributed by atoms with Crippen molar-refractivity contribution < 1.29 is 17.9 Å². The lowest BCUT2D eigenvalue weighted by atomic mass is 9.77. The van der Waals surface area contributed by atoms with Crippen molar-refractivity contribution in [3.05, 3.63) is 87.9 Å². The zero-order chi connectivity index (χ0) is 23.4. The van der Waals surface area contributed by atoms with Crippen molar-refractivity contribution in [3.63, 3.8) is 0 Å². The van der Waals surface area contributed by atoms with Gasteiger partial charge in [-0.25, -0.2) is 8.42 Å². The summed E-state index contributed by atoms with van der Waals surface area (Å²) in [5.74, 6) is 1.86. The molecule has 2 heterocycles. The zero-order valence-electron chi connectivity index (χ0n) is 17.8. The first kappa shape index (κ1) is 21.6. The molecule has 2 aliphatic heterocycles. The van der Waals surface area contributed by atoms with Gasteiger partial charge in [0, 0.05) is 21.7 Å². The maximum atomic E-state index is 13.1. The predicted octanol–water partition coefficient (Wildman–Crippen LogP) is 6.35. The van der Waals surface area contributed by atoms with Crippen LogP contribution in [0.15, 0.2) is 71.6 Å². The van der Waals surface area contributed by atoms with Crippen molar-refractivity contribution >= 4 is 44.6 Å². The van der Waals surface area contributed by atoms with Gasteiger partial charge in [-0.1, -0.05) is 41.4 Å². The Morgan fingerprint density at radius 2 is 1.74 bits per heavy atom. The molecule has 34 heavy (non-hydrogen) atoms. The number of rotatable bonds is 4. The second kappa shape index (κ2) is 8.12. The van der Waals surface area contributed by atoms with Crippen LogP contribution in [-0.4, -0.2) is 15.2 Å². The number of allylic oxidation sites excluding steroid dienone is 2. The molecular formula is C25H20Cl2N2O4S. The Morgan fingerprint density at radius 1 is 0.941 bits per heavy atom. The van der Waals surface area contributed by atoms with E-state index in [1.807, 2.05) is 18.2 Å². The van der Waals surface area contributed by atoms with Crippen molar-refractivity contribution in [1.82, 2.24) is 0 Å². The molecule has 0 saturated heterocycles. The minimum absolute atomic E-state index is 0.0659. The van der Waals surface area contributed by atoms with Crippen molar-refractivity contribution in [3.8, 4) is 11.5 Å². The van der Waals surface area contributed by atoms with E-state index < -0.39 is 10.0 Å². The monoisotopic (exact) mass is 514 g/mol. The first-order chi connectivity index (χ1) is 16.4. The van der Waals surface area contributed by atoms with Crippen LogP contribution in [0.5, 0.6) is 11.5 Å². The minimum Gasteiger partial charge on any atom is -0.454 e. The molecule has 0 spiro atoms. The van der Waals surface area contributed by atoms with Crippen LogP contribution in [-0.2, 0) is 10.0 Å². The van der Waals surface area contributed by atoms with Gasteiger partial charge in [0.25, 0.3) is 10.0 Å². The highest BCUT2D eigenvalue weighted by Crippen LogP contribution is 2.51. The fourth-order valence-corrected chi connectivity index (χ4v) is 6.60. The molecule has 0 fully saturated rings. The molecule has 0 bridgehead atoms. The molecule has 2 N–H and O–H groups in total. The zero-order valence-corrected chi connectivity index (χ0v) is 20.1. The molecule has 3 aliphatic rings. The van der Waals surface area contributed by atoms with Crippen LogP contribution in [0.1, 0.15) is 29.5 Å². The van der Waals surface area contributed by atoms with Gasteiger partial charge >= 0.3 is 0 Å². The summed E-state index contributed by atoms with van der Waals surface area (Å²) in [7, 11) is -3.83. The van der Waals surface area contributed by atoms with Crippen LogP contribution in [0.2, 0.25) is 10.0 Å². The highest BCUT2D eigenvalue weighted by atomic mass is 35.5. The molecule has 0 aromatic heterocycles. The fourth-order valence-electron chi connectivity index (χ4n) is 5.00. The minimum atomic E-state index is -3.83. The third kappa shape index (κ3) is 3.78. The smallest absolute Gasteiger partial charge is 0.261 e. The lowest BCUT2D eigenvalue weighted by Crippen LogP contribution is -2.29. The highest BCUT2D eigenvalue weighted by Gasteiger charge is 2.39. The summed E-state index contributed by atoms with van der Waals surface area (Å²) in [5, 5.41) is 4.34. The molecule has 6 nitrogen and oxygen atoms in total. The molecule has 0 unspecified atom stereocenters. The molecular weight excluding hydrogens is 495 g/mol. The number of anilines is 2. The van der Waals surface area contributed by atoms with E-state index >= 15 is 0 Å². The van der Waals surface area contributed by atoms with Gasteiger partial charge in [0.1, 0.15) is 0 Å². The topological polar surface area (TPSA) is 76.7 Å². The molecule has 3 atom stereocenters. The maximum absolute atomic E-state index is 13.1. The number of halogens is 2. The van der Waals surface area contributed by atoms with Crippen molar-refractivity contribution in [2.45, 2.75) is 23.3 Å². The third-order valence-corrected chi connectivity index (χ3v) is 8.33. The number of fused-ring (bicyclic) bond motifs is 4. The number of ether oxygens (including phenoxy) is 2. The summed E-state index contributed by atoms with van der Waals surface area (Å²) in [6.07, 6.45) is 5.23. The number of hydrogen-bond donors (Lipinski definition) is 2. The van der Waals surface area contributed by atoms with Crippen LogP contribution in [0.4, 0.5) is 11.4 Å². The van der Waals surface area contributed by atoms with Gasteiger partial charge in [0.15, 0.2) is 11.5 Å². The number of benzene rings is 3. The van der Waals surface area contributed by atoms with Crippen molar-refractivity contribution in [2.75, 3.05) is 16.8 Å².